The number of anilines is 1. The van der Waals surface area contributed by atoms with E-state index < -0.39 is 17.3 Å². The van der Waals surface area contributed by atoms with E-state index in [4.69, 9.17) is 28.9 Å². The number of aliphatic hydroxyl groups excluding tert-OH is 1. The number of nitrogen functional groups attached to an aromatic ring is 1. The number of allylic oxidation sites excluding steroid dienone is 3. The number of carbonyl (C=O) groups excluding carboxylic acids is 2. The molecule has 0 saturated heterocycles. The second-order valence-corrected chi connectivity index (χ2v) is 9.23. The molecule has 6 heteroatoms. The molecular weight excluding hydrogens is 457 g/mol. The van der Waals surface area contributed by atoms with Gasteiger partial charge in [-0.1, -0.05) is 66.2 Å². The van der Waals surface area contributed by atoms with Gasteiger partial charge in [0.25, 0.3) is 0 Å². The average Bonchev–Trinajstić information content (AvgIpc) is 2.80. The Bertz CT molecular complexity index is 1140. The minimum atomic E-state index is -1.07. The highest BCUT2D eigenvalue weighted by Gasteiger charge is 2.50. The molecule has 172 valence electrons. The van der Waals surface area contributed by atoms with Gasteiger partial charge in [-0.3, -0.25) is 4.79 Å². The molecule has 33 heavy (non-hydrogen) atoms. The van der Waals surface area contributed by atoms with Crippen molar-refractivity contribution >= 4 is 41.0 Å². The first-order valence-electron chi connectivity index (χ1n) is 10.7. The molecule has 1 unspecified atom stereocenters. The highest BCUT2D eigenvalue weighted by Crippen LogP contribution is 2.52. The molecule has 3 atom stereocenters. The smallest absolute Gasteiger partial charge is 0.141 e. The monoisotopic (exact) mass is 483 g/mol. The van der Waals surface area contributed by atoms with Crippen molar-refractivity contribution in [3.05, 3.63) is 99.6 Å². The molecule has 2 aromatic carbocycles. The van der Waals surface area contributed by atoms with Gasteiger partial charge in [-0.2, -0.15) is 0 Å². The first-order chi connectivity index (χ1) is 15.7. The van der Waals surface area contributed by atoms with Gasteiger partial charge < -0.3 is 15.6 Å². The number of aldehydes is 1. The number of hydrogen-bond donors (Lipinski definition) is 2. The third-order valence-electron chi connectivity index (χ3n) is 6.45. The fourth-order valence-corrected chi connectivity index (χ4v) is 4.99. The third kappa shape index (κ3) is 5.14. The van der Waals surface area contributed by atoms with Crippen LogP contribution in [-0.4, -0.2) is 23.8 Å². The molecular formula is C27H27Cl2NO3. The van der Waals surface area contributed by atoms with Crippen LogP contribution in [0.3, 0.4) is 0 Å². The highest BCUT2D eigenvalue weighted by molar-refractivity contribution is 6.31. The Balaban J connectivity index is 2.13. The molecule has 3 rings (SSSR count). The zero-order chi connectivity index (χ0) is 24.2. The number of nitrogens with two attached hydrogens (primary N) is 1. The number of ketones is 1. The van der Waals surface area contributed by atoms with Crippen LogP contribution in [0.25, 0.3) is 0 Å². The van der Waals surface area contributed by atoms with Gasteiger partial charge in [0.15, 0.2) is 0 Å². The molecule has 0 spiro atoms. The van der Waals surface area contributed by atoms with Crippen molar-refractivity contribution in [3.8, 4) is 0 Å². The molecule has 0 aromatic heterocycles. The summed E-state index contributed by atoms with van der Waals surface area (Å²) in [6, 6.07) is 12.3. The fourth-order valence-electron chi connectivity index (χ4n) is 4.62. The summed E-state index contributed by atoms with van der Waals surface area (Å²) in [5, 5.41) is 10.4. The van der Waals surface area contributed by atoms with Crippen molar-refractivity contribution < 1.29 is 14.7 Å². The lowest BCUT2D eigenvalue weighted by Crippen LogP contribution is -2.45. The maximum Gasteiger partial charge on any atom is 0.141 e. The minimum absolute atomic E-state index is 0.00865. The van der Waals surface area contributed by atoms with Crippen LogP contribution in [0.4, 0.5) is 5.69 Å². The molecule has 0 amide bonds. The second kappa shape index (κ2) is 10.5. The average molecular weight is 484 g/mol. The molecule has 3 N–H and O–H groups in total. The number of halogens is 2. The van der Waals surface area contributed by atoms with E-state index >= 15 is 0 Å². The Labute approximate surface area is 204 Å². The summed E-state index contributed by atoms with van der Waals surface area (Å²) in [7, 11) is 0. The van der Waals surface area contributed by atoms with E-state index in [1.165, 1.54) is 0 Å². The van der Waals surface area contributed by atoms with E-state index in [9.17, 15) is 14.7 Å². The lowest BCUT2D eigenvalue weighted by molar-refractivity contribution is -0.127. The number of carbonyl (C=O) groups is 2. The van der Waals surface area contributed by atoms with Crippen LogP contribution in [0, 0.1) is 5.92 Å². The van der Waals surface area contributed by atoms with Crippen LogP contribution < -0.4 is 5.73 Å². The number of aliphatic hydroxyl groups is 1. The summed E-state index contributed by atoms with van der Waals surface area (Å²) in [6.07, 6.45) is 6.50. The maximum atomic E-state index is 13.3. The quantitative estimate of drug-likeness (QED) is 0.295. The van der Waals surface area contributed by atoms with E-state index in [0.29, 0.717) is 32.4 Å². The van der Waals surface area contributed by atoms with Crippen LogP contribution in [0.1, 0.15) is 36.8 Å². The number of rotatable bonds is 7. The predicted octanol–water partition coefficient (Wildman–Crippen LogP) is 5.83. The van der Waals surface area contributed by atoms with Crippen LogP contribution in [-0.2, 0) is 15.0 Å². The molecule has 1 aliphatic carbocycles. The van der Waals surface area contributed by atoms with Gasteiger partial charge in [0.1, 0.15) is 12.1 Å². The van der Waals surface area contributed by atoms with Crippen molar-refractivity contribution in [1.82, 2.24) is 0 Å². The summed E-state index contributed by atoms with van der Waals surface area (Å²) < 4.78 is 0. The van der Waals surface area contributed by atoms with E-state index in [1.807, 2.05) is 19.1 Å². The van der Waals surface area contributed by atoms with Gasteiger partial charge in [0, 0.05) is 34.0 Å². The first kappa shape index (κ1) is 25.0. The summed E-state index contributed by atoms with van der Waals surface area (Å²) in [5.41, 5.74) is 8.39. The SMILES string of the molecule is C=C(/C=C\C(=C/C)CO)C1C[C@](C=O)(c2ccc(Cl)cc2N)[C@H](c2cccc(Cl)c2)CC1=O. The van der Waals surface area contributed by atoms with E-state index in [-0.39, 0.29) is 25.2 Å². The molecule has 0 radical (unpaired) electrons. The third-order valence-corrected chi connectivity index (χ3v) is 6.92. The van der Waals surface area contributed by atoms with Crippen molar-refractivity contribution in [2.45, 2.75) is 31.1 Å². The van der Waals surface area contributed by atoms with Crippen molar-refractivity contribution in [2.75, 3.05) is 12.3 Å². The van der Waals surface area contributed by atoms with E-state index in [1.54, 1.807) is 48.6 Å². The molecule has 4 nitrogen and oxygen atoms in total. The number of hydrogen-bond acceptors (Lipinski definition) is 4. The summed E-state index contributed by atoms with van der Waals surface area (Å²) in [4.78, 5) is 26.2. The molecule has 0 bridgehead atoms. The minimum Gasteiger partial charge on any atom is -0.398 e. The van der Waals surface area contributed by atoms with Gasteiger partial charge in [0.05, 0.1) is 12.0 Å². The normalized spacial score (nSPS) is 23.6. The molecule has 2 aromatic rings. The Morgan fingerprint density at radius 2 is 1.94 bits per heavy atom. The van der Waals surface area contributed by atoms with Gasteiger partial charge in [-0.15, -0.1) is 0 Å². The fraction of sp³-hybridized carbons (Fsp3) is 0.259. The molecule has 1 fully saturated rings. The van der Waals surface area contributed by atoms with Crippen molar-refractivity contribution in [3.63, 3.8) is 0 Å². The zero-order valence-electron chi connectivity index (χ0n) is 18.4. The number of benzene rings is 2. The lowest BCUT2D eigenvalue weighted by atomic mass is 9.57. The Morgan fingerprint density at radius 3 is 2.55 bits per heavy atom. The molecule has 1 saturated carbocycles. The van der Waals surface area contributed by atoms with Crippen molar-refractivity contribution in [2.24, 2.45) is 5.92 Å². The van der Waals surface area contributed by atoms with E-state index in [2.05, 4.69) is 6.58 Å². The van der Waals surface area contributed by atoms with Crippen LogP contribution in [0.15, 0.2) is 78.4 Å². The van der Waals surface area contributed by atoms with Crippen molar-refractivity contribution in [1.29, 1.82) is 0 Å². The van der Waals surface area contributed by atoms with Gasteiger partial charge >= 0.3 is 0 Å². The second-order valence-electron chi connectivity index (χ2n) is 8.35. The van der Waals surface area contributed by atoms with Gasteiger partial charge in [-0.25, -0.2) is 0 Å². The van der Waals surface area contributed by atoms with E-state index in [0.717, 1.165) is 11.8 Å². The Hall–Kier alpha value is -2.66. The highest BCUT2D eigenvalue weighted by atomic mass is 35.5. The topological polar surface area (TPSA) is 80.4 Å². The predicted molar refractivity (Wildman–Crippen MR) is 135 cm³/mol. The largest absolute Gasteiger partial charge is 0.398 e. The van der Waals surface area contributed by atoms with Gasteiger partial charge in [0.2, 0.25) is 0 Å². The summed E-state index contributed by atoms with van der Waals surface area (Å²) >= 11 is 12.4. The Morgan fingerprint density at radius 1 is 1.21 bits per heavy atom. The van der Waals surface area contributed by atoms with Crippen LogP contribution in [0.2, 0.25) is 10.0 Å². The standard InChI is InChI=1S/C27H27Cl2NO3/c1-3-18(15-31)8-7-17(2)22-14-27(16-32,23-10-9-21(29)12-25(23)30)24(13-26(22)33)19-5-4-6-20(28)11-19/h3-12,16,22,24,31H,2,13-15,30H2,1H3/b8-7-,18-3+/t22?,24-,27-/m0/s1. The van der Waals surface area contributed by atoms with Crippen LogP contribution in [0.5, 0.6) is 0 Å². The Kier molecular flexibility index (Phi) is 7.96. The summed E-state index contributed by atoms with van der Waals surface area (Å²) in [6.45, 7) is 5.81. The zero-order valence-corrected chi connectivity index (χ0v) is 19.9. The molecule has 0 heterocycles. The van der Waals surface area contributed by atoms with Crippen LogP contribution >= 0.6 is 23.2 Å². The molecule has 0 aliphatic heterocycles. The molecule has 1 aliphatic rings. The maximum absolute atomic E-state index is 13.3. The first-order valence-corrected chi connectivity index (χ1v) is 11.4. The lowest BCUT2D eigenvalue weighted by Gasteiger charge is -2.44. The van der Waals surface area contributed by atoms with Gasteiger partial charge in [-0.05, 0) is 59.9 Å². The number of Topliss-reactive ketones (excluding diaryl/α,β-unsaturated/α-hetero) is 1. The summed E-state index contributed by atoms with van der Waals surface area (Å²) in [5.74, 6) is -1.03.